The van der Waals surface area contributed by atoms with E-state index in [1.165, 1.54) is 32.7 Å². The summed E-state index contributed by atoms with van der Waals surface area (Å²) in [6.07, 6.45) is 1.85. The van der Waals surface area contributed by atoms with E-state index in [2.05, 4.69) is 194 Å². The highest BCUT2D eigenvalue weighted by Gasteiger charge is 2.45. The fraction of sp³-hybridized carbons (Fsp3) is 0.0182. The lowest BCUT2D eigenvalue weighted by atomic mass is 9.63. The molecule has 3 heterocycles. The number of nitrogens with zero attached hydrogens (tertiary/aromatic N) is 2. The molecule has 58 heavy (non-hydrogen) atoms. The van der Waals surface area contributed by atoms with Crippen molar-refractivity contribution in [1.82, 2.24) is 9.97 Å². The third-order valence-electron chi connectivity index (χ3n) is 12.2. The minimum Gasteiger partial charge on any atom is -0.457 e. The fourth-order valence-corrected chi connectivity index (χ4v) is 9.49. The Labute approximate surface area is 335 Å². The van der Waals surface area contributed by atoms with Crippen LogP contribution in [0.15, 0.2) is 206 Å². The molecule has 9 aromatic carbocycles. The van der Waals surface area contributed by atoms with Gasteiger partial charge in [0, 0.05) is 33.7 Å². The maximum Gasteiger partial charge on any atom is 0.132 e. The Morgan fingerprint density at radius 2 is 0.983 bits per heavy atom. The molecule has 0 unspecified atom stereocenters. The van der Waals surface area contributed by atoms with Crippen molar-refractivity contribution in [3.05, 3.63) is 229 Å². The summed E-state index contributed by atoms with van der Waals surface area (Å²) in [5, 5.41) is 9.27. The maximum absolute atomic E-state index is 6.90. The van der Waals surface area contributed by atoms with E-state index in [4.69, 9.17) is 14.7 Å². The van der Waals surface area contributed by atoms with Gasteiger partial charge >= 0.3 is 0 Å². The molecule has 1 aliphatic rings. The summed E-state index contributed by atoms with van der Waals surface area (Å²) in [6, 6.07) is 72.3. The zero-order valence-corrected chi connectivity index (χ0v) is 31.4. The number of pyridine rings is 2. The van der Waals surface area contributed by atoms with Gasteiger partial charge in [-0.15, -0.1) is 0 Å². The van der Waals surface area contributed by atoms with Gasteiger partial charge in [-0.05, 0) is 97.0 Å². The van der Waals surface area contributed by atoms with Gasteiger partial charge in [-0.3, -0.25) is 4.98 Å². The zero-order chi connectivity index (χ0) is 38.2. The molecule has 3 heteroatoms. The Morgan fingerprint density at radius 3 is 1.76 bits per heavy atom. The highest BCUT2D eigenvalue weighted by molar-refractivity contribution is 6.07. The van der Waals surface area contributed by atoms with E-state index in [1.807, 2.05) is 12.3 Å². The molecule has 0 atom stereocenters. The molecule has 11 aromatic rings. The van der Waals surface area contributed by atoms with Gasteiger partial charge in [-0.2, -0.15) is 0 Å². The number of benzene rings is 9. The van der Waals surface area contributed by atoms with Gasteiger partial charge in [0.15, 0.2) is 0 Å². The van der Waals surface area contributed by atoms with Gasteiger partial charge in [-0.1, -0.05) is 158 Å². The highest BCUT2D eigenvalue weighted by Crippen LogP contribution is 2.57. The Balaban J connectivity index is 1.17. The zero-order valence-electron chi connectivity index (χ0n) is 31.4. The number of ether oxygens (including phenoxy) is 1. The first-order valence-corrected chi connectivity index (χ1v) is 19.8. The van der Waals surface area contributed by atoms with Crippen molar-refractivity contribution in [1.29, 1.82) is 0 Å². The van der Waals surface area contributed by atoms with Crippen LogP contribution in [0.1, 0.15) is 22.3 Å². The molecule has 0 radical (unpaired) electrons. The predicted molar refractivity (Wildman–Crippen MR) is 239 cm³/mol. The number of rotatable bonds is 4. The van der Waals surface area contributed by atoms with Crippen LogP contribution in [-0.2, 0) is 5.41 Å². The molecule has 0 bridgehead atoms. The van der Waals surface area contributed by atoms with Gasteiger partial charge in [0.25, 0.3) is 0 Å². The lowest BCUT2D eigenvalue weighted by Gasteiger charge is -2.42. The van der Waals surface area contributed by atoms with Crippen LogP contribution in [0, 0.1) is 0 Å². The van der Waals surface area contributed by atoms with E-state index >= 15 is 0 Å². The summed E-state index contributed by atoms with van der Waals surface area (Å²) in [5.74, 6) is 1.70. The highest BCUT2D eigenvalue weighted by atomic mass is 16.5. The Kier molecular flexibility index (Phi) is 7.14. The van der Waals surface area contributed by atoms with Gasteiger partial charge in [0.2, 0.25) is 0 Å². The third kappa shape index (κ3) is 4.87. The molecule has 12 rings (SSSR count). The Hall–Kier alpha value is -7.62. The normalized spacial score (nSPS) is 13.1. The second-order valence-corrected chi connectivity index (χ2v) is 15.3. The average molecular weight is 739 g/mol. The SMILES string of the molecule is c1ccc2c(c1)Oc1ccc(-c3ccc4ccccc4c3-c3ccc4ccc5cccnc5c4n3)cc1C2(c1ccc2ccccc2c1)c1ccc2ccccc2c1. The van der Waals surface area contributed by atoms with Crippen LogP contribution in [0.5, 0.6) is 11.5 Å². The van der Waals surface area contributed by atoms with Crippen LogP contribution < -0.4 is 4.74 Å². The molecule has 2 aromatic heterocycles. The van der Waals surface area contributed by atoms with Crippen molar-refractivity contribution in [2.75, 3.05) is 0 Å². The standard InChI is InChI=1S/C55H34N2O/c1-3-13-40-32-43(26-21-35(40)10-1)55(44-27-22-36-11-2-4-14-41(36)33-44)47-17-7-8-18-50(47)58-51-30-25-42(34-48(51)55)46-28-23-37-12-5-6-16-45(37)52(46)49-29-24-39-20-19-38-15-9-31-56-53(38)54(39)57-49/h1-34H. The Bertz CT molecular complexity index is 3380. The minimum atomic E-state index is -0.711. The van der Waals surface area contributed by atoms with E-state index in [9.17, 15) is 0 Å². The van der Waals surface area contributed by atoms with Crippen LogP contribution >= 0.6 is 0 Å². The van der Waals surface area contributed by atoms with Crippen molar-refractivity contribution in [3.63, 3.8) is 0 Å². The van der Waals surface area contributed by atoms with Crippen molar-refractivity contribution < 1.29 is 4.74 Å². The third-order valence-corrected chi connectivity index (χ3v) is 12.2. The number of para-hydroxylation sites is 1. The molecule has 0 fully saturated rings. The largest absolute Gasteiger partial charge is 0.457 e. The van der Waals surface area contributed by atoms with Gasteiger partial charge in [0.1, 0.15) is 11.5 Å². The van der Waals surface area contributed by atoms with Gasteiger partial charge < -0.3 is 4.74 Å². The monoisotopic (exact) mass is 738 g/mol. The number of hydrogen-bond donors (Lipinski definition) is 0. The van der Waals surface area contributed by atoms with Gasteiger partial charge in [0.05, 0.1) is 22.1 Å². The molecule has 270 valence electrons. The quantitative estimate of drug-likeness (QED) is 0.169. The smallest absolute Gasteiger partial charge is 0.132 e. The number of aromatic nitrogens is 2. The van der Waals surface area contributed by atoms with Crippen LogP contribution in [-0.4, -0.2) is 9.97 Å². The van der Waals surface area contributed by atoms with Crippen molar-refractivity contribution in [3.8, 4) is 33.9 Å². The van der Waals surface area contributed by atoms with E-state index in [0.29, 0.717) is 0 Å². The summed E-state index contributed by atoms with van der Waals surface area (Å²) in [5.41, 5.74) is 9.86. The minimum absolute atomic E-state index is 0.711. The molecular formula is C55H34N2O. The molecule has 0 amide bonds. The summed E-state index contributed by atoms with van der Waals surface area (Å²) in [7, 11) is 0. The summed E-state index contributed by atoms with van der Waals surface area (Å²) < 4.78 is 6.90. The molecular weight excluding hydrogens is 705 g/mol. The number of hydrogen-bond acceptors (Lipinski definition) is 3. The van der Waals surface area contributed by atoms with Crippen molar-refractivity contribution in [2.24, 2.45) is 0 Å². The molecule has 1 aliphatic heterocycles. The first-order chi connectivity index (χ1) is 28.7. The Morgan fingerprint density at radius 1 is 0.397 bits per heavy atom. The van der Waals surface area contributed by atoms with E-state index in [-0.39, 0.29) is 0 Å². The van der Waals surface area contributed by atoms with Crippen molar-refractivity contribution in [2.45, 2.75) is 5.41 Å². The molecule has 0 N–H and O–H groups in total. The summed E-state index contributed by atoms with van der Waals surface area (Å²) >= 11 is 0. The molecule has 0 spiro atoms. The van der Waals surface area contributed by atoms with Crippen LogP contribution in [0.25, 0.3) is 76.5 Å². The second-order valence-electron chi connectivity index (χ2n) is 15.3. The molecule has 0 aliphatic carbocycles. The first kappa shape index (κ1) is 32.6. The van der Waals surface area contributed by atoms with Crippen LogP contribution in [0.3, 0.4) is 0 Å². The van der Waals surface area contributed by atoms with Crippen LogP contribution in [0.4, 0.5) is 0 Å². The maximum atomic E-state index is 6.90. The van der Waals surface area contributed by atoms with Gasteiger partial charge in [-0.25, -0.2) is 4.98 Å². The fourth-order valence-electron chi connectivity index (χ4n) is 9.49. The van der Waals surface area contributed by atoms with Crippen LogP contribution in [0.2, 0.25) is 0 Å². The average Bonchev–Trinajstić information content (AvgIpc) is 3.29. The summed E-state index contributed by atoms with van der Waals surface area (Å²) in [6.45, 7) is 0. The molecule has 0 saturated carbocycles. The number of fused-ring (bicyclic) bond motifs is 8. The second kappa shape index (κ2) is 12.7. The van der Waals surface area contributed by atoms with Crippen molar-refractivity contribution >= 4 is 54.1 Å². The predicted octanol–water partition coefficient (Wildman–Crippen LogP) is 14.1. The molecule has 3 nitrogen and oxygen atoms in total. The molecule has 0 saturated heterocycles. The van der Waals surface area contributed by atoms with E-state index < -0.39 is 5.41 Å². The summed E-state index contributed by atoms with van der Waals surface area (Å²) in [4.78, 5) is 10.2. The lowest BCUT2D eigenvalue weighted by Crippen LogP contribution is -2.34. The van der Waals surface area contributed by atoms with E-state index in [0.717, 1.165) is 77.6 Å². The lowest BCUT2D eigenvalue weighted by molar-refractivity contribution is 0.435. The first-order valence-electron chi connectivity index (χ1n) is 19.8. The topological polar surface area (TPSA) is 35.0 Å². The van der Waals surface area contributed by atoms with E-state index in [1.54, 1.807) is 0 Å².